The fourth-order valence-corrected chi connectivity index (χ4v) is 2.41. The first-order chi connectivity index (χ1) is 14.0. The van der Waals surface area contributed by atoms with Crippen molar-refractivity contribution in [3.63, 3.8) is 0 Å². The number of imide groups is 1. The van der Waals surface area contributed by atoms with Crippen molar-refractivity contribution >= 4 is 23.7 Å². The van der Waals surface area contributed by atoms with E-state index in [4.69, 9.17) is 25.1 Å². The van der Waals surface area contributed by atoms with Crippen LogP contribution in [0.25, 0.3) is 0 Å². The molecule has 11 heteroatoms. The molecule has 0 fully saturated rings. The largest absolute Gasteiger partial charge is 0.460 e. The molecule has 2 atom stereocenters. The molecule has 1 rings (SSSR count). The number of ether oxygens (including phenoxy) is 3. The van der Waals surface area contributed by atoms with E-state index in [1.54, 1.807) is 20.8 Å². The Labute approximate surface area is 175 Å². The lowest BCUT2D eigenvalue weighted by molar-refractivity contribution is -0.237. The summed E-state index contributed by atoms with van der Waals surface area (Å²) in [6.45, 7) is 4.98. The summed E-state index contributed by atoms with van der Waals surface area (Å²) in [5, 5.41) is 11.6. The van der Waals surface area contributed by atoms with Crippen LogP contribution in [-0.4, -0.2) is 78.1 Å². The average molecular weight is 429 g/mol. The predicted molar refractivity (Wildman–Crippen MR) is 104 cm³/mol. The zero-order valence-corrected chi connectivity index (χ0v) is 17.6. The van der Waals surface area contributed by atoms with E-state index in [0.29, 0.717) is 0 Å². The number of nitrogens with zero attached hydrogens (tertiary/aromatic N) is 1. The summed E-state index contributed by atoms with van der Waals surface area (Å²) in [5.41, 5.74) is 4.95. The summed E-state index contributed by atoms with van der Waals surface area (Å²) in [4.78, 5) is 47.5. The zero-order valence-electron chi connectivity index (χ0n) is 17.6. The molecule has 0 saturated heterocycles. The second-order valence-corrected chi connectivity index (χ2v) is 7.56. The van der Waals surface area contributed by atoms with Crippen LogP contribution in [0, 0.1) is 0 Å². The first-order valence-electron chi connectivity index (χ1n) is 9.67. The highest BCUT2D eigenvalue weighted by atomic mass is 16.7. The SMILES string of the molecule is CC(C)(C)OC(COC(=O)CCCC(=O)NCCN1C(=O)C=CC1=O)OC(N)CO. The summed E-state index contributed by atoms with van der Waals surface area (Å²) >= 11 is 0. The Bertz CT molecular complexity index is 626. The van der Waals surface area contributed by atoms with Crippen molar-refractivity contribution in [2.24, 2.45) is 5.73 Å². The van der Waals surface area contributed by atoms with Gasteiger partial charge in [-0.25, -0.2) is 0 Å². The van der Waals surface area contributed by atoms with Crippen molar-refractivity contribution in [3.05, 3.63) is 12.2 Å². The van der Waals surface area contributed by atoms with E-state index in [1.165, 1.54) is 12.2 Å². The number of carbonyl (C=O) groups is 4. The Balaban J connectivity index is 2.23. The van der Waals surface area contributed by atoms with Crippen LogP contribution in [0.15, 0.2) is 12.2 Å². The number of esters is 1. The van der Waals surface area contributed by atoms with Crippen LogP contribution in [0.4, 0.5) is 0 Å². The van der Waals surface area contributed by atoms with Crippen LogP contribution >= 0.6 is 0 Å². The van der Waals surface area contributed by atoms with Crippen LogP contribution in [0.5, 0.6) is 0 Å². The quantitative estimate of drug-likeness (QED) is 0.193. The summed E-state index contributed by atoms with van der Waals surface area (Å²) < 4.78 is 16.0. The van der Waals surface area contributed by atoms with E-state index in [1.807, 2.05) is 0 Å². The van der Waals surface area contributed by atoms with Crippen LogP contribution in [0.1, 0.15) is 40.0 Å². The molecule has 11 nitrogen and oxygen atoms in total. The number of carbonyl (C=O) groups excluding carboxylic acids is 4. The monoisotopic (exact) mass is 429 g/mol. The van der Waals surface area contributed by atoms with E-state index in [2.05, 4.69) is 5.32 Å². The van der Waals surface area contributed by atoms with Gasteiger partial charge in [-0.2, -0.15) is 0 Å². The van der Waals surface area contributed by atoms with E-state index in [0.717, 1.165) is 4.90 Å². The Kier molecular flexibility index (Phi) is 10.6. The minimum absolute atomic E-state index is 0.00866. The van der Waals surface area contributed by atoms with Gasteiger partial charge in [0.2, 0.25) is 5.91 Å². The maximum atomic E-state index is 11.9. The topological polar surface area (TPSA) is 157 Å². The fraction of sp³-hybridized carbons (Fsp3) is 0.684. The smallest absolute Gasteiger partial charge is 0.305 e. The molecule has 0 aliphatic carbocycles. The molecule has 0 bridgehead atoms. The normalized spacial score (nSPS) is 16.0. The summed E-state index contributed by atoms with van der Waals surface area (Å²) in [5.74, 6) is -1.66. The van der Waals surface area contributed by atoms with Gasteiger partial charge in [0.05, 0.1) is 12.2 Å². The number of hydrogen-bond acceptors (Lipinski definition) is 9. The van der Waals surface area contributed by atoms with Crippen molar-refractivity contribution in [3.8, 4) is 0 Å². The molecule has 1 aliphatic heterocycles. The number of aliphatic hydroxyl groups is 1. The van der Waals surface area contributed by atoms with Crippen molar-refractivity contribution in [1.29, 1.82) is 0 Å². The Morgan fingerprint density at radius 2 is 1.83 bits per heavy atom. The average Bonchev–Trinajstić information content (AvgIpc) is 2.96. The third-order valence-corrected chi connectivity index (χ3v) is 3.71. The molecule has 4 N–H and O–H groups in total. The van der Waals surface area contributed by atoms with Crippen molar-refractivity contribution < 1.29 is 38.5 Å². The van der Waals surface area contributed by atoms with Gasteiger partial charge < -0.3 is 30.4 Å². The predicted octanol–water partition coefficient (Wildman–Crippen LogP) is -0.824. The molecular weight excluding hydrogens is 398 g/mol. The number of nitrogens with one attached hydrogen (secondary N) is 1. The first-order valence-corrected chi connectivity index (χ1v) is 9.67. The van der Waals surface area contributed by atoms with E-state index < -0.39 is 42.5 Å². The molecule has 3 amide bonds. The molecule has 0 aromatic carbocycles. The van der Waals surface area contributed by atoms with Gasteiger partial charge in [0.25, 0.3) is 11.8 Å². The lowest BCUT2D eigenvalue weighted by Crippen LogP contribution is -2.40. The van der Waals surface area contributed by atoms with Crippen LogP contribution < -0.4 is 11.1 Å². The van der Waals surface area contributed by atoms with Gasteiger partial charge in [0, 0.05) is 38.1 Å². The summed E-state index contributed by atoms with van der Waals surface area (Å²) in [6, 6.07) is 0. The van der Waals surface area contributed by atoms with E-state index in [-0.39, 0.29) is 44.9 Å². The van der Waals surface area contributed by atoms with Crippen LogP contribution in [0.3, 0.4) is 0 Å². The molecule has 0 aromatic heterocycles. The summed E-state index contributed by atoms with van der Waals surface area (Å²) in [7, 11) is 0. The van der Waals surface area contributed by atoms with E-state index in [9.17, 15) is 19.2 Å². The van der Waals surface area contributed by atoms with Crippen LogP contribution in [-0.2, 0) is 33.4 Å². The lowest BCUT2D eigenvalue weighted by atomic mass is 10.2. The van der Waals surface area contributed by atoms with Gasteiger partial charge >= 0.3 is 5.97 Å². The van der Waals surface area contributed by atoms with Gasteiger partial charge in [-0.05, 0) is 27.2 Å². The Morgan fingerprint density at radius 1 is 1.20 bits per heavy atom. The van der Waals surface area contributed by atoms with Crippen LogP contribution in [0.2, 0.25) is 0 Å². The maximum Gasteiger partial charge on any atom is 0.305 e. The standard InChI is InChI=1S/C19H31N3O8/c1-19(2,3)30-18(29-13(20)11-23)12-28-17(27)6-4-5-14(24)21-9-10-22-15(25)7-8-16(22)26/h7-8,13,18,23H,4-6,9-12,20H2,1-3H3,(H,21,24). The van der Waals surface area contributed by atoms with Gasteiger partial charge in [0.15, 0.2) is 6.29 Å². The number of amides is 3. The second-order valence-electron chi connectivity index (χ2n) is 7.56. The molecule has 2 unspecified atom stereocenters. The summed E-state index contributed by atoms with van der Waals surface area (Å²) in [6.07, 6.45) is 0.796. The molecule has 0 radical (unpaired) electrons. The molecule has 1 heterocycles. The number of aliphatic hydroxyl groups excluding tert-OH is 1. The highest BCUT2D eigenvalue weighted by Gasteiger charge is 2.24. The second kappa shape index (κ2) is 12.4. The molecular formula is C19H31N3O8. The molecule has 0 saturated carbocycles. The highest BCUT2D eigenvalue weighted by Crippen LogP contribution is 2.13. The number of hydrogen-bond donors (Lipinski definition) is 3. The van der Waals surface area contributed by atoms with Gasteiger partial charge in [-0.15, -0.1) is 0 Å². The minimum atomic E-state index is -0.971. The lowest BCUT2D eigenvalue weighted by Gasteiger charge is -2.28. The maximum absolute atomic E-state index is 11.9. The molecule has 30 heavy (non-hydrogen) atoms. The van der Waals surface area contributed by atoms with Gasteiger partial charge in [-0.1, -0.05) is 0 Å². The van der Waals surface area contributed by atoms with E-state index >= 15 is 0 Å². The Morgan fingerprint density at radius 3 is 2.40 bits per heavy atom. The number of nitrogens with two attached hydrogens (primary N) is 1. The highest BCUT2D eigenvalue weighted by molar-refractivity contribution is 6.12. The van der Waals surface area contributed by atoms with Gasteiger partial charge in [-0.3, -0.25) is 24.1 Å². The molecule has 170 valence electrons. The molecule has 1 aliphatic rings. The zero-order chi connectivity index (χ0) is 22.7. The molecule has 0 aromatic rings. The number of rotatable bonds is 13. The van der Waals surface area contributed by atoms with Crippen molar-refractivity contribution in [2.75, 3.05) is 26.3 Å². The van der Waals surface area contributed by atoms with Crippen molar-refractivity contribution in [2.45, 2.75) is 58.2 Å². The molecule has 0 spiro atoms. The first kappa shape index (κ1) is 25.7. The van der Waals surface area contributed by atoms with Gasteiger partial charge in [0.1, 0.15) is 12.8 Å². The minimum Gasteiger partial charge on any atom is -0.460 e. The fourth-order valence-electron chi connectivity index (χ4n) is 2.41. The third-order valence-electron chi connectivity index (χ3n) is 3.71. The third kappa shape index (κ3) is 10.4. The van der Waals surface area contributed by atoms with Crippen molar-refractivity contribution in [1.82, 2.24) is 10.2 Å². The Hall–Kier alpha value is -2.34.